The van der Waals surface area contributed by atoms with Crippen molar-refractivity contribution >= 4 is 43.5 Å². The van der Waals surface area contributed by atoms with Crippen molar-refractivity contribution in [3.05, 3.63) is 82.8 Å². The molecule has 3 aromatic carbocycles. The first-order valence-electron chi connectivity index (χ1n) is 13.2. The van der Waals surface area contributed by atoms with Gasteiger partial charge in [0.2, 0.25) is 11.8 Å². The largest absolute Gasteiger partial charge is 0.497 e. The van der Waals surface area contributed by atoms with Gasteiger partial charge in [0.25, 0.3) is 10.0 Å². The maximum Gasteiger partial charge on any atom is 0.264 e. The van der Waals surface area contributed by atoms with Crippen LogP contribution in [0.5, 0.6) is 11.5 Å². The summed E-state index contributed by atoms with van der Waals surface area (Å²) in [4.78, 5) is 28.7. The average Bonchev–Trinajstić information content (AvgIpc) is 2.98. The minimum atomic E-state index is -4.25. The Hall–Kier alpha value is -3.57. The van der Waals surface area contributed by atoms with Crippen LogP contribution in [0.1, 0.15) is 32.8 Å². The monoisotopic (exact) mass is 645 g/mol. The van der Waals surface area contributed by atoms with Crippen LogP contribution in [0.15, 0.2) is 82.2 Å². The number of methoxy groups -OCH3 is 2. The molecule has 1 N–H and O–H groups in total. The van der Waals surface area contributed by atoms with Gasteiger partial charge in [-0.15, -0.1) is 0 Å². The first-order valence-corrected chi connectivity index (χ1v) is 15.4. The summed E-state index contributed by atoms with van der Waals surface area (Å²) in [5, 5.41) is 2.93. The molecule has 41 heavy (non-hydrogen) atoms. The molecule has 2 atom stereocenters. The van der Waals surface area contributed by atoms with Gasteiger partial charge in [0, 0.05) is 23.1 Å². The van der Waals surface area contributed by atoms with E-state index in [1.54, 1.807) is 37.3 Å². The molecule has 220 valence electrons. The minimum Gasteiger partial charge on any atom is -0.497 e. The molecular weight excluding hydrogens is 610 g/mol. The summed E-state index contributed by atoms with van der Waals surface area (Å²) < 4.78 is 40.7. The first kappa shape index (κ1) is 32.0. The molecule has 0 aromatic heterocycles. The number of hydrogen-bond donors (Lipinski definition) is 1. The Bertz CT molecular complexity index is 1450. The number of ether oxygens (including phenoxy) is 2. The maximum absolute atomic E-state index is 14.1. The Morgan fingerprint density at radius 1 is 0.951 bits per heavy atom. The van der Waals surface area contributed by atoms with Gasteiger partial charge in [-0.2, -0.15) is 0 Å². The Balaban J connectivity index is 2.10. The molecule has 0 aliphatic carbocycles. The molecule has 9 nitrogen and oxygen atoms in total. The molecule has 3 rings (SSSR count). The van der Waals surface area contributed by atoms with Crippen molar-refractivity contribution in [3.8, 4) is 11.5 Å². The van der Waals surface area contributed by atoms with Crippen LogP contribution in [0.3, 0.4) is 0 Å². The van der Waals surface area contributed by atoms with E-state index < -0.39 is 28.5 Å². The van der Waals surface area contributed by atoms with E-state index >= 15 is 0 Å². The molecule has 11 heteroatoms. The number of rotatable bonds is 13. The van der Waals surface area contributed by atoms with Crippen LogP contribution in [0.25, 0.3) is 0 Å². The number of benzene rings is 3. The van der Waals surface area contributed by atoms with E-state index in [1.165, 1.54) is 37.3 Å². The number of amides is 2. The highest BCUT2D eigenvalue weighted by atomic mass is 79.9. The molecule has 0 radical (unpaired) electrons. The number of hydrogen-bond acceptors (Lipinski definition) is 6. The lowest BCUT2D eigenvalue weighted by Gasteiger charge is -2.33. The van der Waals surface area contributed by atoms with Gasteiger partial charge in [-0.1, -0.05) is 53.2 Å². The summed E-state index contributed by atoms with van der Waals surface area (Å²) in [5.41, 5.74) is 0.899. The molecule has 0 spiro atoms. The standard InChI is InChI=1S/C30H36BrN3O6S/c1-6-21(2)32-30(36)22(3)33(19-23-11-10-12-24(31)17-23)29(35)20-34(41(37,38)26-13-8-7-9-14-26)27-18-25(39-4)15-16-28(27)40-5/h7-18,21-22H,6,19-20H2,1-5H3,(H,32,36)/t21-,22+/m0/s1. The molecule has 0 unspecified atom stereocenters. The fraction of sp³-hybridized carbons (Fsp3) is 0.333. The van der Waals surface area contributed by atoms with Crippen LogP contribution in [0.2, 0.25) is 0 Å². The van der Waals surface area contributed by atoms with Crippen molar-refractivity contribution in [2.45, 2.75) is 50.7 Å². The van der Waals surface area contributed by atoms with Gasteiger partial charge in [0.15, 0.2) is 0 Å². The van der Waals surface area contributed by atoms with E-state index in [-0.39, 0.29) is 34.8 Å². The lowest BCUT2D eigenvalue weighted by molar-refractivity contribution is -0.139. The van der Waals surface area contributed by atoms with E-state index in [2.05, 4.69) is 21.2 Å². The number of halogens is 1. The molecule has 0 bridgehead atoms. The van der Waals surface area contributed by atoms with Crippen molar-refractivity contribution < 1.29 is 27.5 Å². The lowest BCUT2D eigenvalue weighted by atomic mass is 10.1. The predicted octanol–water partition coefficient (Wildman–Crippen LogP) is 4.99. The smallest absolute Gasteiger partial charge is 0.264 e. The molecule has 0 saturated carbocycles. The summed E-state index contributed by atoms with van der Waals surface area (Å²) in [7, 11) is -1.37. The normalized spacial score (nSPS) is 12.6. The summed E-state index contributed by atoms with van der Waals surface area (Å²) in [6.07, 6.45) is 0.719. The van der Waals surface area contributed by atoms with Gasteiger partial charge in [-0.05, 0) is 62.2 Å². The zero-order chi connectivity index (χ0) is 30.2. The number of carbonyl (C=O) groups excluding carboxylic acids is 2. The van der Waals surface area contributed by atoms with E-state index in [4.69, 9.17) is 9.47 Å². The third-order valence-electron chi connectivity index (χ3n) is 6.68. The van der Waals surface area contributed by atoms with Crippen LogP contribution < -0.4 is 19.1 Å². The summed E-state index contributed by atoms with van der Waals surface area (Å²) in [5.74, 6) is -0.284. The second kappa shape index (κ2) is 14.4. The van der Waals surface area contributed by atoms with Gasteiger partial charge < -0.3 is 19.7 Å². The number of carbonyl (C=O) groups is 2. The molecule has 2 amide bonds. The quantitative estimate of drug-likeness (QED) is 0.281. The topological polar surface area (TPSA) is 105 Å². The summed E-state index contributed by atoms with van der Waals surface area (Å²) >= 11 is 3.45. The zero-order valence-corrected chi connectivity index (χ0v) is 26.2. The average molecular weight is 647 g/mol. The van der Waals surface area contributed by atoms with Crippen LogP contribution in [-0.4, -0.2) is 58.0 Å². The Kier molecular flexibility index (Phi) is 11.2. The van der Waals surface area contributed by atoms with E-state index in [1.807, 2.05) is 38.1 Å². The summed E-state index contributed by atoms with van der Waals surface area (Å²) in [6, 6.07) is 19.0. The van der Waals surface area contributed by atoms with Gasteiger partial charge in [-0.25, -0.2) is 8.42 Å². The second-order valence-electron chi connectivity index (χ2n) is 9.51. The Labute approximate surface area is 250 Å². The van der Waals surface area contributed by atoms with Crippen molar-refractivity contribution in [2.75, 3.05) is 25.1 Å². The van der Waals surface area contributed by atoms with Crippen LogP contribution in [0.4, 0.5) is 5.69 Å². The van der Waals surface area contributed by atoms with Gasteiger partial charge in [-0.3, -0.25) is 13.9 Å². The highest BCUT2D eigenvalue weighted by molar-refractivity contribution is 9.10. The highest BCUT2D eigenvalue weighted by Gasteiger charge is 2.34. The Morgan fingerprint density at radius 2 is 1.66 bits per heavy atom. The van der Waals surface area contributed by atoms with Crippen LogP contribution in [-0.2, 0) is 26.2 Å². The first-order chi connectivity index (χ1) is 19.5. The third-order valence-corrected chi connectivity index (χ3v) is 8.94. The Morgan fingerprint density at radius 3 is 2.27 bits per heavy atom. The summed E-state index contributed by atoms with van der Waals surface area (Å²) in [6.45, 7) is 4.97. The number of nitrogens with zero attached hydrogens (tertiary/aromatic N) is 2. The molecule has 3 aromatic rings. The van der Waals surface area contributed by atoms with Gasteiger partial charge in [0.05, 0.1) is 24.8 Å². The SMILES string of the molecule is CC[C@H](C)NC(=O)[C@@H](C)N(Cc1cccc(Br)c1)C(=O)CN(c1cc(OC)ccc1OC)S(=O)(=O)c1ccccc1. The van der Waals surface area contributed by atoms with Crippen molar-refractivity contribution in [2.24, 2.45) is 0 Å². The third kappa shape index (κ3) is 8.01. The molecule has 0 aliphatic rings. The molecule has 0 aliphatic heterocycles. The fourth-order valence-corrected chi connectivity index (χ4v) is 5.99. The molecule has 0 fully saturated rings. The fourth-order valence-electron chi connectivity index (χ4n) is 4.10. The molecular formula is C30H36BrN3O6S. The molecule has 0 heterocycles. The van der Waals surface area contributed by atoms with E-state index in [0.717, 1.165) is 20.8 Å². The van der Waals surface area contributed by atoms with E-state index in [9.17, 15) is 18.0 Å². The van der Waals surface area contributed by atoms with Crippen molar-refractivity contribution in [1.82, 2.24) is 10.2 Å². The highest BCUT2D eigenvalue weighted by Crippen LogP contribution is 2.36. The van der Waals surface area contributed by atoms with Crippen molar-refractivity contribution in [3.63, 3.8) is 0 Å². The maximum atomic E-state index is 14.1. The zero-order valence-electron chi connectivity index (χ0n) is 23.8. The number of nitrogens with one attached hydrogen (secondary N) is 1. The van der Waals surface area contributed by atoms with Crippen molar-refractivity contribution in [1.29, 1.82) is 0 Å². The van der Waals surface area contributed by atoms with Gasteiger partial charge >= 0.3 is 0 Å². The minimum absolute atomic E-state index is 0.00113. The second-order valence-corrected chi connectivity index (χ2v) is 12.3. The van der Waals surface area contributed by atoms with Crippen LogP contribution >= 0.6 is 15.9 Å². The number of sulfonamides is 1. The van der Waals surface area contributed by atoms with E-state index in [0.29, 0.717) is 5.75 Å². The van der Waals surface area contributed by atoms with Crippen LogP contribution in [0, 0.1) is 0 Å². The lowest BCUT2D eigenvalue weighted by Crippen LogP contribution is -2.52. The molecule has 0 saturated heterocycles. The number of anilines is 1. The predicted molar refractivity (Wildman–Crippen MR) is 163 cm³/mol. The van der Waals surface area contributed by atoms with Gasteiger partial charge in [0.1, 0.15) is 24.1 Å².